The molecule has 2 rings (SSSR count). The van der Waals surface area contributed by atoms with Crippen molar-refractivity contribution >= 4 is 17.6 Å². The summed E-state index contributed by atoms with van der Waals surface area (Å²) in [5.41, 5.74) is 6.42. The van der Waals surface area contributed by atoms with E-state index in [-0.39, 0.29) is 11.8 Å². The van der Waals surface area contributed by atoms with Gasteiger partial charge in [-0.25, -0.2) is 4.98 Å². The van der Waals surface area contributed by atoms with Gasteiger partial charge in [0.2, 0.25) is 11.8 Å². The summed E-state index contributed by atoms with van der Waals surface area (Å²) < 4.78 is 0. The van der Waals surface area contributed by atoms with Crippen LogP contribution in [0.5, 0.6) is 0 Å². The molecule has 0 spiro atoms. The number of imide groups is 1. The summed E-state index contributed by atoms with van der Waals surface area (Å²) in [7, 11) is 0. The zero-order valence-corrected chi connectivity index (χ0v) is 9.27. The molecule has 6 nitrogen and oxygen atoms in total. The van der Waals surface area contributed by atoms with Crippen molar-refractivity contribution in [1.29, 1.82) is 0 Å². The molecule has 0 radical (unpaired) electrons. The molecular weight excluding hydrogens is 220 g/mol. The SMILES string of the molecule is NCc1cccnc1NC1CCC(=O)NC1=O. The molecule has 17 heavy (non-hydrogen) atoms. The number of nitrogens with one attached hydrogen (secondary N) is 2. The second-order valence-electron chi connectivity index (χ2n) is 3.86. The summed E-state index contributed by atoms with van der Waals surface area (Å²) in [4.78, 5) is 26.7. The second kappa shape index (κ2) is 4.92. The van der Waals surface area contributed by atoms with Gasteiger partial charge in [0.05, 0.1) is 0 Å². The minimum absolute atomic E-state index is 0.229. The van der Waals surface area contributed by atoms with Gasteiger partial charge in [0.25, 0.3) is 0 Å². The average Bonchev–Trinajstić information content (AvgIpc) is 2.33. The normalized spacial score (nSPS) is 19.9. The van der Waals surface area contributed by atoms with Crippen molar-refractivity contribution in [1.82, 2.24) is 10.3 Å². The Hall–Kier alpha value is -1.95. The van der Waals surface area contributed by atoms with Crippen molar-refractivity contribution in [2.24, 2.45) is 5.73 Å². The number of pyridine rings is 1. The van der Waals surface area contributed by atoms with Crippen LogP contribution < -0.4 is 16.4 Å². The van der Waals surface area contributed by atoms with Gasteiger partial charge in [-0.1, -0.05) is 6.07 Å². The summed E-state index contributed by atoms with van der Waals surface area (Å²) in [6, 6.07) is 3.21. The van der Waals surface area contributed by atoms with Crippen LogP contribution in [0.3, 0.4) is 0 Å². The number of amides is 2. The molecule has 1 saturated heterocycles. The maximum Gasteiger partial charge on any atom is 0.249 e. The van der Waals surface area contributed by atoms with Crippen LogP contribution in [0.15, 0.2) is 18.3 Å². The van der Waals surface area contributed by atoms with Gasteiger partial charge in [0, 0.05) is 24.7 Å². The van der Waals surface area contributed by atoms with Crippen molar-refractivity contribution in [3.8, 4) is 0 Å². The number of nitrogens with two attached hydrogens (primary N) is 1. The molecule has 0 aliphatic carbocycles. The standard InChI is InChI=1S/C11H14N4O2/c12-6-7-2-1-5-13-10(7)14-8-3-4-9(16)15-11(8)17/h1-2,5,8H,3-4,6,12H2,(H,13,14)(H,15,16,17). The Labute approximate surface area is 98.6 Å². The number of rotatable bonds is 3. The Kier molecular flexibility index (Phi) is 3.34. The summed E-state index contributed by atoms with van der Waals surface area (Å²) in [5, 5.41) is 5.30. The third kappa shape index (κ3) is 2.59. The van der Waals surface area contributed by atoms with Crippen molar-refractivity contribution in [2.75, 3.05) is 5.32 Å². The lowest BCUT2D eigenvalue weighted by atomic mass is 10.1. The number of nitrogens with zero attached hydrogens (tertiary/aromatic N) is 1. The molecule has 90 valence electrons. The maximum atomic E-state index is 11.6. The van der Waals surface area contributed by atoms with Gasteiger partial charge < -0.3 is 11.1 Å². The van der Waals surface area contributed by atoms with Gasteiger partial charge in [-0.05, 0) is 12.5 Å². The smallest absolute Gasteiger partial charge is 0.249 e. The molecule has 1 atom stereocenters. The van der Waals surface area contributed by atoms with E-state index in [1.165, 1.54) is 0 Å². The van der Waals surface area contributed by atoms with E-state index >= 15 is 0 Å². The fourth-order valence-corrected chi connectivity index (χ4v) is 1.73. The Balaban J connectivity index is 2.10. The number of carbonyl (C=O) groups excluding carboxylic acids is 2. The number of aromatic nitrogens is 1. The number of carbonyl (C=O) groups is 2. The number of hydrogen-bond donors (Lipinski definition) is 3. The van der Waals surface area contributed by atoms with Crippen LogP contribution in [0.4, 0.5) is 5.82 Å². The first-order valence-corrected chi connectivity index (χ1v) is 5.45. The maximum absolute atomic E-state index is 11.6. The summed E-state index contributed by atoms with van der Waals surface area (Å²) in [6.07, 6.45) is 2.45. The molecule has 1 unspecified atom stereocenters. The highest BCUT2D eigenvalue weighted by atomic mass is 16.2. The lowest BCUT2D eigenvalue weighted by Crippen LogP contribution is -2.47. The highest BCUT2D eigenvalue weighted by Gasteiger charge is 2.26. The van der Waals surface area contributed by atoms with Gasteiger partial charge in [0.15, 0.2) is 0 Å². The van der Waals surface area contributed by atoms with Crippen LogP contribution in [0.1, 0.15) is 18.4 Å². The molecule has 2 amide bonds. The molecule has 1 fully saturated rings. The fourth-order valence-electron chi connectivity index (χ4n) is 1.73. The van der Waals surface area contributed by atoms with Crippen molar-refractivity contribution < 1.29 is 9.59 Å². The van der Waals surface area contributed by atoms with Gasteiger partial charge in [0.1, 0.15) is 11.9 Å². The molecule has 0 saturated carbocycles. The highest BCUT2D eigenvalue weighted by molar-refractivity contribution is 6.01. The molecule has 0 aromatic carbocycles. The average molecular weight is 234 g/mol. The zero-order chi connectivity index (χ0) is 12.3. The minimum atomic E-state index is -0.423. The monoisotopic (exact) mass is 234 g/mol. The molecule has 6 heteroatoms. The van der Waals surface area contributed by atoms with Crippen LogP contribution in [0.25, 0.3) is 0 Å². The van der Waals surface area contributed by atoms with Crippen LogP contribution in [0.2, 0.25) is 0 Å². The predicted octanol–water partition coefficient (Wildman–Crippen LogP) is -0.243. The molecule has 1 aromatic heterocycles. The van der Waals surface area contributed by atoms with E-state index in [4.69, 9.17) is 5.73 Å². The quantitative estimate of drug-likeness (QED) is 0.627. The molecule has 2 heterocycles. The Morgan fingerprint density at radius 2 is 2.35 bits per heavy atom. The van der Waals surface area contributed by atoms with E-state index in [9.17, 15) is 9.59 Å². The predicted molar refractivity (Wildman–Crippen MR) is 61.9 cm³/mol. The second-order valence-corrected chi connectivity index (χ2v) is 3.86. The third-order valence-electron chi connectivity index (χ3n) is 2.66. The fraction of sp³-hybridized carbons (Fsp3) is 0.364. The zero-order valence-electron chi connectivity index (χ0n) is 9.27. The summed E-state index contributed by atoms with van der Waals surface area (Å²) in [5.74, 6) is 0.0625. The number of anilines is 1. The van der Waals surface area contributed by atoms with Crippen LogP contribution in [-0.4, -0.2) is 22.8 Å². The van der Waals surface area contributed by atoms with E-state index in [0.717, 1.165) is 5.56 Å². The molecule has 1 aliphatic heterocycles. The van der Waals surface area contributed by atoms with Gasteiger partial charge in [-0.2, -0.15) is 0 Å². The summed E-state index contributed by atoms with van der Waals surface area (Å²) in [6.45, 7) is 0.351. The van der Waals surface area contributed by atoms with Crippen molar-refractivity contribution in [2.45, 2.75) is 25.4 Å². The largest absolute Gasteiger partial charge is 0.358 e. The molecule has 1 aromatic rings. The molecule has 4 N–H and O–H groups in total. The van der Waals surface area contributed by atoms with Gasteiger partial charge in [-0.3, -0.25) is 14.9 Å². The number of hydrogen-bond acceptors (Lipinski definition) is 5. The van der Waals surface area contributed by atoms with Crippen LogP contribution in [-0.2, 0) is 16.1 Å². The molecule has 0 bridgehead atoms. The minimum Gasteiger partial charge on any atom is -0.358 e. The van der Waals surface area contributed by atoms with Crippen molar-refractivity contribution in [3.63, 3.8) is 0 Å². The van der Waals surface area contributed by atoms with E-state index in [0.29, 0.717) is 25.2 Å². The molecular formula is C11H14N4O2. The number of piperidine rings is 1. The van der Waals surface area contributed by atoms with Crippen molar-refractivity contribution in [3.05, 3.63) is 23.9 Å². The highest BCUT2D eigenvalue weighted by Crippen LogP contribution is 2.15. The van der Waals surface area contributed by atoms with E-state index in [1.54, 1.807) is 12.3 Å². The van der Waals surface area contributed by atoms with Crippen LogP contribution >= 0.6 is 0 Å². The molecule has 1 aliphatic rings. The Bertz CT molecular complexity index is 447. The first-order chi connectivity index (χ1) is 8.20. The van der Waals surface area contributed by atoms with Gasteiger partial charge >= 0.3 is 0 Å². The third-order valence-corrected chi connectivity index (χ3v) is 2.66. The van der Waals surface area contributed by atoms with E-state index < -0.39 is 6.04 Å². The van der Waals surface area contributed by atoms with E-state index in [1.807, 2.05) is 6.07 Å². The van der Waals surface area contributed by atoms with Crippen LogP contribution in [0, 0.1) is 0 Å². The first-order valence-electron chi connectivity index (χ1n) is 5.45. The Morgan fingerprint density at radius 3 is 3.06 bits per heavy atom. The summed E-state index contributed by atoms with van der Waals surface area (Å²) >= 11 is 0. The topological polar surface area (TPSA) is 97.1 Å². The van der Waals surface area contributed by atoms with E-state index in [2.05, 4.69) is 15.6 Å². The van der Waals surface area contributed by atoms with Gasteiger partial charge in [-0.15, -0.1) is 0 Å². The Morgan fingerprint density at radius 1 is 1.53 bits per heavy atom. The first kappa shape index (κ1) is 11.5. The lowest BCUT2D eigenvalue weighted by molar-refractivity contribution is -0.133. The lowest BCUT2D eigenvalue weighted by Gasteiger charge is -2.23.